The van der Waals surface area contributed by atoms with Gasteiger partial charge in [0.1, 0.15) is 0 Å². The van der Waals surface area contributed by atoms with Crippen LogP contribution in [0.4, 0.5) is 0 Å². The second-order valence-electron chi connectivity index (χ2n) is 7.69. The molecule has 0 aromatic carbocycles. The summed E-state index contributed by atoms with van der Waals surface area (Å²) in [6.45, 7) is 11.6. The van der Waals surface area contributed by atoms with Gasteiger partial charge in [-0.3, -0.25) is 4.90 Å². The van der Waals surface area contributed by atoms with Gasteiger partial charge < -0.3 is 15.6 Å². The summed E-state index contributed by atoms with van der Waals surface area (Å²) in [5, 5.41) is 9.36. The number of ether oxygens (including phenoxy) is 1. The zero-order valence-electron chi connectivity index (χ0n) is 12.9. The lowest BCUT2D eigenvalue weighted by Crippen LogP contribution is -2.55. The maximum atomic E-state index is 9.36. The number of morpholine rings is 1. The van der Waals surface area contributed by atoms with E-state index < -0.39 is 0 Å². The molecule has 4 heteroatoms. The van der Waals surface area contributed by atoms with Gasteiger partial charge in [0.15, 0.2) is 0 Å². The molecule has 4 nitrogen and oxygen atoms in total. The van der Waals surface area contributed by atoms with E-state index in [4.69, 9.17) is 10.5 Å². The lowest BCUT2D eigenvalue weighted by atomic mass is 9.85. The summed E-state index contributed by atoms with van der Waals surface area (Å²) in [7, 11) is 0. The summed E-state index contributed by atoms with van der Waals surface area (Å²) in [6.07, 6.45) is 2.38. The Kier molecular flexibility index (Phi) is 4.26. The molecular weight excluding hydrogens is 240 g/mol. The molecule has 0 aromatic rings. The Hall–Kier alpha value is -0.160. The predicted octanol–water partition coefficient (Wildman–Crippen LogP) is 1.22. The standard InChI is InChI=1S/C15H30N2O2/c1-14(2)6-5-11(13(14)16)7-17-8-12(9-18)19-15(3,4)10-17/h11-13,18H,5-10,16H2,1-4H3. The van der Waals surface area contributed by atoms with Crippen LogP contribution < -0.4 is 5.73 Å². The Morgan fingerprint density at radius 1 is 1.32 bits per heavy atom. The number of hydrogen-bond donors (Lipinski definition) is 2. The van der Waals surface area contributed by atoms with E-state index in [0.29, 0.717) is 5.92 Å². The van der Waals surface area contributed by atoms with Gasteiger partial charge in [-0.15, -0.1) is 0 Å². The first-order chi connectivity index (χ1) is 8.73. The van der Waals surface area contributed by atoms with Crippen molar-refractivity contribution in [3.8, 4) is 0 Å². The molecule has 0 aromatic heterocycles. The zero-order valence-corrected chi connectivity index (χ0v) is 12.9. The van der Waals surface area contributed by atoms with Gasteiger partial charge in [-0.1, -0.05) is 13.8 Å². The first-order valence-corrected chi connectivity index (χ1v) is 7.50. The van der Waals surface area contributed by atoms with Crippen LogP contribution in [0.15, 0.2) is 0 Å². The van der Waals surface area contributed by atoms with E-state index in [-0.39, 0.29) is 29.8 Å². The van der Waals surface area contributed by atoms with Crippen molar-refractivity contribution in [1.29, 1.82) is 0 Å². The van der Waals surface area contributed by atoms with Crippen LogP contribution in [-0.4, -0.2) is 54.0 Å². The van der Waals surface area contributed by atoms with Crippen LogP contribution in [0.5, 0.6) is 0 Å². The summed E-state index contributed by atoms with van der Waals surface area (Å²) in [6, 6.07) is 0.283. The van der Waals surface area contributed by atoms with E-state index in [9.17, 15) is 5.11 Å². The van der Waals surface area contributed by atoms with Gasteiger partial charge in [0, 0.05) is 25.7 Å². The number of rotatable bonds is 3. The molecule has 1 saturated carbocycles. The molecule has 0 amide bonds. The number of aliphatic hydroxyl groups is 1. The third-order valence-corrected chi connectivity index (χ3v) is 4.82. The summed E-state index contributed by atoms with van der Waals surface area (Å²) >= 11 is 0. The first kappa shape index (κ1) is 15.2. The molecule has 0 bridgehead atoms. The van der Waals surface area contributed by atoms with Gasteiger partial charge in [0.2, 0.25) is 0 Å². The Bertz CT molecular complexity index is 317. The lowest BCUT2D eigenvalue weighted by Gasteiger charge is -2.43. The predicted molar refractivity (Wildman–Crippen MR) is 77.0 cm³/mol. The number of nitrogens with two attached hydrogens (primary N) is 1. The summed E-state index contributed by atoms with van der Waals surface area (Å²) in [5.74, 6) is 0.572. The van der Waals surface area contributed by atoms with Gasteiger partial charge in [-0.2, -0.15) is 0 Å². The zero-order chi connectivity index (χ0) is 14.3. The van der Waals surface area contributed by atoms with Crippen LogP contribution in [0.25, 0.3) is 0 Å². The topological polar surface area (TPSA) is 58.7 Å². The highest BCUT2D eigenvalue weighted by atomic mass is 16.5. The molecule has 2 aliphatic rings. The minimum absolute atomic E-state index is 0.0608. The third kappa shape index (κ3) is 3.48. The molecular formula is C15H30N2O2. The SMILES string of the molecule is CC1(C)CN(CC2CCC(C)(C)C2N)CC(CO)O1. The van der Waals surface area contributed by atoms with Crippen LogP contribution in [0.2, 0.25) is 0 Å². The first-order valence-electron chi connectivity index (χ1n) is 7.50. The van der Waals surface area contributed by atoms with E-state index in [2.05, 4.69) is 32.6 Å². The summed E-state index contributed by atoms with van der Waals surface area (Å²) in [5.41, 5.74) is 6.49. The molecule has 2 rings (SSSR count). The molecule has 2 fully saturated rings. The van der Waals surface area contributed by atoms with Crippen LogP contribution in [0, 0.1) is 11.3 Å². The molecule has 0 spiro atoms. The Morgan fingerprint density at radius 3 is 2.53 bits per heavy atom. The molecule has 19 heavy (non-hydrogen) atoms. The van der Waals surface area contributed by atoms with Gasteiger partial charge in [-0.05, 0) is 38.0 Å². The molecule has 3 unspecified atom stereocenters. The number of aliphatic hydroxyl groups excluding tert-OH is 1. The molecule has 3 atom stereocenters. The van der Waals surface area contributed by atoms with Gasteiger partial charge >= 0.3 is 0 Å². The van der Waals surface area contributed by atoms with Crippen molar-refractivity contribution in [2.45, 2.75) is 58.3 Å². The van der Waals surface area contributed by atoms with Crippen molar-refractivity contribution in [3.05, 3.63) is 0 Å². The molecule has 3 N–H and O–H groups in total. The quantitative estimate of drug-likeness (QED) is 0.809. The van der Waals surface area contributed by atoms with Crippen molar-refractivity contribution in [2.24, 2.45) is 17.1 Å². The fourth-order valence-electron chi connectivity index (χ4n) is 3.73. The van der Waals surface area contributed by atoms with E-state index in [1.165, 1.54) is 12.8 Å². The van der Waals surface area contributed by atoms with Crippen LogP contribution in [0.3, 0.4) is 0 Å². The van der Waals surface area contributed by atoms with Crippen LogP contribution in [-0.2, 0) is 4.74 Å². The highest BCUT2D eigenvalue weighted by Crippen LogP contribution is 2.40. The highest BCUT2D eigenvalue weighted by Gasteiger charge is 2.41. The van der Waals surface area contributed by atoms with Crippen molar-refractivity contribution in [3.63, 3.8) is 0 Å². The second kappa shape index (κ2) is 5.32. The molecule has 1 aliphatic heterocycles. The molecule has 1 saturated heterocycles. The summed E-state index contributed by atoms with van der Waals surface area (Å²) < 4.78 is 5.86. The third-order valence-electron chi connectivity index (χ3n) is 4.82. The average Bonchev–Trinajstić information content (AvgIpc) is 2.54. The maximum absolute atomic E-state index is 9.36. The Labute approximate surface area is 117 Å². The smallest absolute Gasteiger partial charge is 0.0940 e. The van der Waals surface area contributed by atoms with Crippen molar-refractivity contribution >= 4 is 0 Å². The van der Waals surface area contributed by atoms with Crippen molar-refractivity contribution < 1.29 is 9.84 Å². The number of hydrogen-bond acceptors (Lipinski definition) is 4. The molecule has 112 valence electrons. The highest BCUT2D eigenvalue weighted by molar-refractivity contribution is 4.96. The second-order valence-corrected chi connectivity index (χ2v) is 7.69. The molecule has 0 radical (unpaired) electrons. The van der Waals surface area contributed by atoms with Gasteiger partial charge in [0.05, 0.1) is 18.3 Å². The minimum Gasteiger partial charge on any atom is -0.394 e. The largest absolute Gasteiger partial charge is 0.394 e. The fraction of sp³-hybridized carbons (Fsp3) is 1.00. The fourth-order valence-corrected chi connectivity index (χ4v) is 3.73. The van der Waals surface area contributed by atoms with Gasteiger partial charge in [0.25, 0.3) is 0 Å². The summed E-state index contributed by atoms with van der Waals surface area (Å²) in [4.78, 5) is 2.43. The Balaban J connectivity index is 1.95. The Morgan fingerprint density at radius 2 is 2.00 bits per heavy atom. The molecule has 1 heterocycles. The van der Waals surface area contributed by atoms with Crippen LogP contribution in [0.1, 0.15) is 40.5 Å². The van der Waals surface area contributed by atoms with Crippen molar-refractivity contribution in [1.82, 2.24) is 4.90 Å². The van der Waals surface area contributed by atoms with E-state index in [0.717, 1.165) is 19.6 Å². The van der Waals surface area contributed by atoms with E-state index in [1.807, 2.05) is 0 Å². The van der Waals surface area contributed by atoms with Gasteiger partial charge in [-0.25, -0.2) is 0 Å². The van der Waals surface area contributed by atoms with Crippen molar-refractivity contribution in [2.75, 3.05) is 26.2 Å². The normalized spacial score (nSPS) is 38.5. The average molecular weight is 270 g/mol. The molecule has 1 aliphatic carbocycles. The number of nitrogens with zero attached hydrogens (tertiary/aromatic N) is 1. The van der Waals surface area contributed by atoms with E-state index in [1.54, 1.807) is 0 Å². The van der Waals surface area contributed by atoms with Crippen LogP contribution >= 0.6 is 0 Å². The lowest BCUT2D eigenvalue weighted by molar-refractivity contribution is -0.151. The van der Waals surface area contributed by atoms with E-state index >= 15 is 0 Å². The maximum Gasteiger partial charge on any atom is 0.0940 e. The minimum atomic E-state index is -0.177. The monoisotopic (exact) mass is 270 g/mol.